The summed E-state index contributed by atoms with van der Waals surface area (Å²) in [6.45, 7) is 5.14. The molecular weight excluding hydrogens is 217 g/mol. The van der Waals surface area contributed by atoms with Crippen LogP contribution in [0.15, 0.2) is 18.2 Å². The van der Waals surface area contributed by atoms with Gasteiger partial charge in [-0.3, -0.25) is 0 Å². The maximum absolute atomic E-state index is 13.6. The Hall–Kier alpha value is -1.09. The molecule has 3 heteroatoms. The molecule has 1 saturated carbocycles. The van der Waals surface area contributed by atoms with Crippen LogP contribution in [0, 0.1) is 5.82 Å². The van der Waals surface area contributed by atoms with Crippen molar-refractivity contribution < 1.29 is 9.13 Å². The van der Waals surface area contributed by atoms with E-state index >= 15 is 0 Å². The van der Waals surface area contributed by atoms with Crippen LogP contribution in [-0.4, -0.2) is 19.7 Å². The van der Waals surface area contributed by atoms with Gasteiger partial charge in [-0.1, -0.05) is 19.9 Å². The van der Waals surface area contributed by atoms with E-state index in [2.05, 4.69) is 19.2 Å². The molecule has 1 aromatic rings. The topological polar surface area (TPSA) is 21.3 Å². The summed E-state index contributed by atoms with van der Waals surface area (Å²) in [5.74, 6) is 0.0178. The molecule has 0 amide bonds. The standard InChI is InChI=1S/C14H20FNO/c1-14(2,9-16-11-5-6-11)10-4-7-13(17-3)12(15)8-10/h4,7-8,11,16H,5-6,9H2,1-3H3. The van der Waals surface area contributed by atoms with E-state index in [1.807, 2.05) is 6.07 Å². The third-order valence-corrected chi connectivity index (χ3v) is 3.34. The minimum atomic E-state index is -0.288. The highest BCUT2D eigenvalue weighted by Crippen LogP contribution is 2.28. The van der Waals surface area contributed by atoms with Gasteiger partial charge in [-0.15, -0.1) is 0 Å². The van der Waals surface area contributed by atoms with Gasteiger partial charge in [-0.2, -0.15) is 0 Å². The molecule has 94 valence electrons. The van der Waals surface area contributed by atoms with Crippen LogP contribution in [-0.2, 0) is 5.41 Å². The van der Waals surface area contributed by atoms with Gasteiger partial charge in [-0.25, -0.2) is 4.39 Å². The van der Waals surface area contributed by atoms with Crippen LogP contribution in [0.2, 0.25) is 0 Å². The van der Waals surface area contributed by atoms with E-state index in [9.17, 15) is 4.39 Å². The van der Waals surface area contributed by atoms with Crippen molar-refractivity contribution in [3.05, 3.63) is 29.6 Å². The lowest BCUT2D eigenvalue weighted by Gasteiger charge is -2.26. The molecule has 0 saturated heterocycles. The number of benzene rings is 1. The minimum Gasteiger partial charge on any atom is -0.494 e. The fourth-order valence-electron chi connectivity index (χ4n) is 1.88. The Morgan fingerprint density at radius 1 is 1.41 bits per heavy atom. The lowest BCUT2D eigenvalue weighted by Crippen LogP contribution is -2.34. The molecule has 17 heavy (non-hydrogen) atoms. The molecule has 0 aliphatic heterocycles. The third-order valence-electron chi connectivity index (χ3n) is 3.34. The summed E-state index contributed by atoms with van der Waals surface area (Å²) in [4.78, 5) is 0. The molecule has 1 aliphatic carbocycles. The van der Waals surface area contributed by atoms with Crippen molar-refractivity contribution in [3.8, 4) is 5.75 Å². The first kappa shape index (κ1) is 12.4. The highest BCUT2D eigenvalue weighted by atomic mass is 19.1. The normalized spacial score (nSPS) is 16.0. The largest absolute Gasteiger partial charge is 0.494 e. The summed E-state index contributed by atoms with van der Waals surface area (Å²) in [6.07, 6.45) is 2.54. The van der Waals surface area contributed by atoms with E-state index in [4.69, 9.17) is 4.74 Å². The van der Waals surface area contributed by atoms with Gasteiger partial charge in [0.05, 0.1) is 7.11 Å². The number of halogens is 1. The Morgan fingerprint density at radius 3 is 2.65 bits per heavy atom. The van der Waals surface area contributed by atoms with Crippen molar-refractivity contribution in [1.29, 1.82) is 0 Å². The molecule has 2 nitrogen and oxygen atoms in total. The summed E-state index contributed by atoms with van der Waals surface area (Å²) in [5, 5.41) is 3.49. The van der Waals surface area contributed by atoms with Crippen molar-refractivity contribution in [2.75, 3.05) is 13.7 Å². The van der Waals surface area contributed by atoms with E-state index in [-0.39, 0.29) is 11.2 Å². The zero-order chi connectivity index (χ0) is 12.5. The first-order valence-corrected chi connectivity index (χ1v) is 6.10. The second-order valence-corrected chi connectivity index (χ2v) is 5.39. The number of hydrogen-bond donors (Lipinski definition) is 1. The molecule has 2 rings (SSSR count). The second-order valence-electron chi connectivity index (χ2n) is 5.39. The SMILES string of the molecule is COc1ccc(C(C)(C)CNC2CC2)cc1F. The lowest BCUT2D eigenvalue weighted by molar-refractivity contribution is 0.384. The molecule has 1 fully saturated rings. The molecule has 1 N–H and O–H groups in total. The summed E-state index contributed by atoms with van der Waals surface area (Å²) in [7, 11) is 1.48. The fraction of sp³-hybridized carbons (Fsp3) is 0.571. The summed E-state index contributed by atoms with van der Waals surface area (Å²) in [6, 6.07) is 5.89. The monoisotopic (exact) mass is 237 g/mol. The first-order valence-electron chi connectivity index (χ1n) is 6.10. The number of ether oxygens (including phenoxy) is 1. The highest BCUT2D eigenvalue weighted by Gasteiger charge is 2.27. The Bertz CT molecular complexity index is 399. The smallest absolute Gasteiger partial charge is 0.165 e. The summed E-state index contributed by atoms with van der Waals surface area (Å²) in [5.41, 5.74) is 0.944. The fourth-order valence-corrected chi connectivity index (χ4v) is 1.88. The van der Waals surface area contributed by atoms with Gasteiger partial charge in [0.2, 0.25) is 0 Å². The van der Waals surface area contributed by atoms with Gasteiger partial charge in [0.15, 0.2) is 11.6 Å². The predicted octanol–water partition coefficient (Wildman–Crippen LogP) is 2.86. The van der Waals surface area contributed by atoms with Gasteiger partial charge in [0.25, 0.3) is 0 Å². The van der Waals surface area contributed by atoms with E-state index < -0.39 is 0 Å². The average Bonchev–Trinajstić information content (AvgIpc) is 3.10. The maximum Gasteiger partial charge on any atom is 0.165 e. The summed E-state index contributed by atoms with van der Waals surface area (Å²) < 4.78 is 18.6. The average molecular weight is 237 g/mol. The van der Waals surface area contributed by atoms with E-state index in [0.29, 0.717) is 11.8 Å². The van der Waals surface area contributed by atoms with Crippen molar-refractivity contribution in [2.24, 2.45) is 0 Å². The zero-order valence-corrected chi connectivity index (χ0v) is 10.7. The number of rotatable bonds is 5. The zero-order valence-electron chi connectivity index (χ0n) is 10.7. The molecule has 1 aromatic carbocycles. The van der Waals surface area contributed by atoms with Crippen LogP contribution < -0.4 is 10.1 Å². The molecule has 1 aliphatic rings. The number of nitrogens with one attached hydrogen (secondary N) is 1. The van der Waals surface area contributed by atoms with Gasteiger partial charge >= 0.3 is 0 Å². The Morgan fingerprint density at radius 2 is 2.12 bits per heavy atom. The molecule has 0 unspecified atom stereocenters. The number of methoxy groups -OCH3 is 1. The predicted molar refractivity (Wildman–Crippen MR) is 67.0 cm³/mol. The van der Waals surface area contributed by atoms with Crippen LogP contribution in [0.5, 0.6) is 5.75 Å². The first-order chi connectivity index (χ1) is 8.03. The quantitative estimate of drug-likeness (QED) is 0.850. The Kier molecular flexibility index (Phi) is 3.38. The molecule has 0 radical (unpaired) electrons. The van der Waals surface area contributed by atoms with Crippen molar-refractivity contribution in [1.82, 2.24) is 5.32 Å². The molecule has 0 spiro atoms. The van der Waals surface area contributed by atoms with Crippen LogP contribution in [0.25, 0.3) is 0 Å². The van der Waals surface area contributed by atoms with Crippen molar-refractivity contribution in [2.45, 2.75) is 38.1 Å². The van der Waals surface area contributed by atoms with Gasteiger partial charge in [-0.05, 0) is 30.5 Å². The number of hydrogen-bond acceptors (Lipinski definition) is 2. The van der Waals surface area contributed by atoms with E-state index in [1.54, 1.807) is 12.1 Å². The minimum absolute atomic E-state index is 0.0598. The van der Waals surface area contributed by atoms with Crippen molar-refractivity contribution >= 4 is 0 Å². The summed E-state index contributed by atoms with van der Waals surface area (Å²) >= 11 is 0. The third kappa shape index (κ3) is 2.97. The highest BCUT2D eigenvalue weighted by molar-refractivity contribution is 5.33. The van der Waals surface area contributed by atoms with Crippen LogP contribution in [0.4, 0.5) is 4.39 Å². The van der Waals surface area contributed by atoms with Gasteiger partial charge in [0, 0.05) is 18.0 Å². The molecule has 0 aromatic heterocycles. The van der Waals surface area contributed by atoms with Crippen LogP contribution in [0.3, 0.4) is 0 Å². The maximum atomic E-state index is 13.6. The lowest BCUT2D eigenvalue weighted by atomic mass is 9.84. The van der Waals surface area contributed by atoms with E-state index in [1.165, 1.54) is 20.0 Å². The van der Waals surface area contributed by atoms with Gasteiger partial charge in [0.1, 0.15) is 0 Å². The molecule has 0 bridgehead atoms. The Labute approximate surface area is 102 Å². The van der Waals surface area contributed by atoms with E-state index in [0.717, 1.165) is 12.1 Å². The Balaban J connectivity index is 2.10. The van der Waals surface area contributed by atoms with Crippen LogP contribution >= 0.6 is 0 Å². The van der Waals surface area contributed by atoms with Crippen LogP contribution in [0.1, 0.15) is 32.3 Å². The van der Waals surface area contributed by atoms with Gasteiger partial charge < -0.3 is 10.1 Å². The molecule has 0 heterocycles. The molecular formula is C14H20FNO. The molecule has 0 atom stereocenters. The second kappa shape index (κ2) is 4.65. The van der Waals surface area contributed by atoms with Crippen molar-refractivity contribution in [3.63, 3.8) is 0 Å².